The number of halogens is 1. The second-order valence-electron chi connectivity index (χ2n) is 1.25. The lowest BCUT2D eigenvalue weighted by atomic mass is 11.0. The van der Waals surface area contributed by atoms with Crippen molar-refractivity contribution >= 4 is 34.7 Å². The van der Waals surface area contributed by atoms with Gasteiger partial charge in [-0.1, -0.05) is 30.0 Å². The summed E-state index contributed by atoms with van der Waals surface area (Å²) < 4.78 is 1.47. The molecule has 1 aromatic heterocycles. The van der Waals surface area contributed by atoms with Crippen LogP contribution in [0.15, 0.2) is 4.34 Å². The Kier molecular flexibility index (Phi) is 2.75. The molecule has 5 heteroatoms. The van der Waals surface area contributed by atoms with Crippen LogP contribution >= 0.6 is 34.7 Å². The van der Waals surface area contributed by atoms with Gasteiger partial charge in [-0.25, -0.2) is 0 Å². The van der Waals surface area contributed by atoms with E-state index in [1.807, 2.05) is 0 Å². The molecule has 0 aliphatic rings. The van der Waals surface area contributed by atoms with Crippen molar-refractivity contribution in [3.63, 3.8) is 0 Å². The zero-order valence-electron chi connectivity index (χ0n) is 4.80. The molecular formula is C4H5ClN2S2. The van der Waals surface area contributed by atoms with E-state index in [4.69, 9.17) is 11.6 Å². The van der Waals surface area contributed by atoms with Crippen molar-refractivity contribution in [3.05, 3.63) is 4.47 Å². The Balaban J connectivity index is 2.61. The average molecular weight is 181 g/mol. The molecule has 50 valence electrons. The van der Waals surface area contributed by atoms with Crippen LogP contribution in [0.3, 0.4) is 0 Å². The highest BCUT2D eigenvalue weighted by atomic mass is 35.5. The summed E-state index contributed by atoms with van der Waals surface area (Å²) in [5.41, 5.74) is 0. The fourth-order valence-corrected chi connectivity index (χ4v) is 2.25. The largest absolute Gasteiger partial charge is 0.208 e. The third-order valence-electron chi connectivity index (χ3n) is 0.650. The summed E-state index contributed by atoms with van der Waals surface area (Å²) in [6.07, 6.45) is 0. The van der Waals surface area contributed by atoms with E-state index >= 15 is 0 Å². The van der Waals surface area contributed by atoms with Gasteiger partial charge < -0.3 is 0 Å². The van der Waals surface area contributed by atoms with Crippen LogP contribution in [0.1, 0.15) is 6.92 Å². The van der Waals surface area contributed by atoms with E-state index in [1.54, 1.807) is 11.8 Å². The van der Waals surface area contributed by atoms with Gasteiger partial charge >= 0.3 is 0 Å². The molecule has 0 aliphatic heterocycles. The first-order chi connectivity index (χ1) is 4.33. The van der Waals surface area contributed by atoms with Crippen molar-refractivity contribution in [3.8, 4) is 0 Å². The van der Waals surface area contributed by atoms with Crippen molar-refractivity contribution in [1.82, 2.24) is 10.2 Å². The van der Waals surface area contributed by atoms with Crippen molar-refractivity contribution < 1.29 is 0 Å². The number of aromatic nitrogens is 2. The molecule has 0 aliphatic carbocycles. The molecule has 0 aromatic carbocycles. The summed E-state index contributed by atoms with van der Waals surface area (Å²) in [7, 11) is 0. The molecule has 1 rings (SSSR count). The molecule has 0 saturated heterocycles. The average Bonchev–Trinajstić information content (AvgIpc) is 2.17. The summed E-state index contributed by atoms with van der Waals surface area (Å²) >= 11 is 8.60. The van der Waals surface area contributed by atoms with Gasteiger partial charge in [-0.15, -0.1) is 10.2 Å². The molecule has 0 unspecified atom stereocenters. The lowest BCUT2D eigenvalue weighted by molar-refractivity contribution is 1.01. The maximum absolute atomic E-state index is 5.53. The molecule has 0 amide bonds. The summed E-state index contributed by atoms with van der Waals surface area (Å²) in [6.45, 7) is 2.07. The Morgan fingerprint density at radius 2 is 2.44 bits per heavy atom. The molecule has 0 fully saturated rings. The van der Waals surface area contributed by atoms with Gasteiger partial charge in [-0.05, 0) is 17.4 Å². The number of thioether (sulfide) groups is 1. The Morgan fingerprint density at radius 3 is 2.89 bits per heavy atom. The second kappa shape index (κ2) is 3.39. The first kappa shape index (κ1) is 7.31. The third-order valence-corrected chi connectivity index (χ3v) is 2.68. The monoisotopic (exact) mass is 180 g/mol. The van der Waals surface area contributed by atoms with Gasteiger partial charge in [0.05, 0.1) is 0 Å². The summed E-state index contributed by atoms with van der Waals surface area (Å²) in [5, 5.41) is 7.45. The normalized spacial score (nSPS) is 10.0. The van der Waals surface area contributed by atoms with Gasteiger partial charge in [-0.3, -0.25) is 0 Å². The molecule has 1 aromatic rings. The maximum Gasteiger partial charge on any atom is 0.208 e. The molecule has 0 atom stereocenters. The second-order valence-corrected chi connectivity index (χ2v) is 4.32. The highest BCUT2D eigenvalue weighted by Crippen LogP contribution is 2.24. The zero-order valence-corrected chi connectivity index (χ0v) is 7.18. The van der Waals surface area contributed by atoms with E-state index in [1.165, 1.54) is 11.3 Å². The predicted molar refractivity (Wildman–Crippen MR) is 41.3 cm³/mol. The summed E-state index contributed by atoms with van der Waals surface area (Å²) in [5.74, 6) is 1.02. The van der Waals surface area contributed by atoms with Crippen molar-refractivity contribution in [2.45, 2.75) is 11.3 Å². The van der Waals surface area contributed by atoms with E-state index in [2.05, 4.69) is 17.1 Å². The summed E-state index contributed by atoms with van der Waals surface area (Å²) in [4.78, 5) is 0. The van der Waals surface area contributed by atoms with E-state index in [9.17, 15) is 0 Å². The van der Waals surface area contributed by atoms with Crippen LogP contribution in [0, 0.1) is 0 Å². The number of nitrogens with zero attached hydrogens (tertiary/aromatic N) is 2. The summed E-state index contributed by atoms with van der Waals surface area (Å²) in [6, 6.07) is 0. The number of hydrogen-bond acceptors (Lipinski definition) is 4. The lowest BCUT2D eigenvalue weighted by Gasteiger charge is -1.82. The predicted octanol–water partition coefficient (Wildman–Crippen LogP) is 2.30. The highest BCUT2D eigenvalue weighted by Gasteiger charge is 1.98. The fourth-order valence-electron chi connectivity index (χ4n) is 0.375. The molecule has 1 heterocycles. The SMILES string of the molecule is CCSc1nnc(Cl)s1. The standard InChI is InChI=1S/C4H5ClN2S2/c1-2-8-4-7-6-3(5)9-4/h2H2,1H3. The first-order valence-corrected chi connectivity index (χ1v) is 4.62. The molecule has 0 radical (unpaired) electrons. The van der Waals surface area contributed by atoms with Crippen LogP contribution < -0.4 is 0 Å². The molecular weight excluding hydrogens is 176 g/mol. The van der Waals surface area contributed by atoms with Crippen molar-refractivity contribution in [2.24, 2.45) is 0 Å². The molecule has 2 nitrogen and oxygen atoms in total. The van der Waals surface area contributed by atoms with Gasteiger partial charge in [0.2, 0.25) is 4.47 Å². The molecule has 9 heavy (non-hydrogen) atoms. The van der Waals surface area contributed by atoms with Crippen LogP contribution in [-0.4, -0.2) is 16.0 Å². The zero-order chi connectivity index (χ0) is 6.69. The van der Waals surface area contributed by atoms with Crippen LogP contribution in [0.25, 0.3) is 0 Å². The van der Waals surface area contributed by atoms with Gasteiger partial charge in [-0.2, -0.15) is 0 Å². The smallest absolute Gasteiger partial charge is 0.130 e. The van der Waals surface area contributed by atoms with Crippen LogP contribution in [-0.2, 0) is 0 Å². The first-order valence-electron chi connectivity index (χ1n) is 2.44. The fraction of sp³-hybridized carbons (Fsp3) is 0.500. The Bertz CT molecular complexity index is 188. The molecule has 0 N–H and O–H groups in total. The molecule has 0 bridgehead atoms. The van der Waals surface area contributed by atoms with E-state index < -0.39 is 0 Å². The minimum Gasteiger partial charge on any atom is -0.130 e. The van der Waals surface area contributed by atoms with Crippen molar-refractivity contribution in [2.75, 3.05) is 5.75 Å². The highest BCUT2D eigenvalue weighted by molar-refractivity contribution is 8.01. The van der Waals surface area contributed by atoms with Crippen molar-refractivity contribution in [1.29, 1.82) is 0 Å². The van der Waals surface area contributed by atoms with Gasteiger partial charge in [0.1, 0.15) is 0 Å². The van der Waals surface area contributed by atoms with E-state index in [0.29, 0.717) is 4.47 Å². The Hall–Kier alpha value is 0.200. The maximum atomic E-state index is 5.53. The van der Waals surface area contributed by atoms with E-state index in [0.717, 1.165) is 10.1 Å². The van der Waals surface area contributed by atoms with E-state index in [-0.39, 0.29) is 0 Å². The van der Waals surface area contributed by atoms with Gasteiger partial charge in [0, 0.05) is 0 Å². The molecule has 0 spiro atoms. The minimum absolute atomic E-state index is 0.519. The van der Waals surface area contributed by atoms with Gasteiger partial charge in [0.25, 0.3) is 0 Å². The Morgan fingerprint density at radius 1 is 1.67 bits per heavy atom. The van der Waals surface area contributed by atoms with Gasteiger partial charge in [0.15, 0.2) is 4.34 Å². The van der Waals surface area contributed by atoms with Crippen LogP contribution in [0.4, 0.5) is 0 Å². The quantitative estimate of drug-likeness (QED) is 0.654. The lowest BCUT2D eigenvalue weighted by Crippen LogP contribution is -1.69. The Labute approximate surface area is 66.6 Å². The molecule has 0 saturated carbocycles. The number of rotatable bonds is 2. The topological polar surface area (TPSA) is 25.8 Å². The third kappa shape index (κ3) is 2.12. The minimum atomic E-state index is 0.519. The van der Waals surface area contributed by atoms with Crippen LogP contribution in [0.5, 0.6) is 0 Å². The van der Waals surface area contributed by atoms with Crippen LogP contribution in [0.2, 0.25) is 4.47 Å². The number of hydrogen-bond donors (Lipinski definition) is 0.